The second-order valence-corrected chi connectivity index (χ2v) is 8.78. The maximum Gasteiger partial charge on any atom is 0.231 e. The summed E-state index contributed by atoms with van der Waals surface area (Å²) in [5.41, 5.74) is 0.919. The van der Waals surface area contributed by atoms with E-state index in [0.717, 1.165) is 42.6 Å². The number of amides is 1. The van der Waals surface area contributed by atoms with Gasteiger partial charge in [0, 0.05) is 6.20 Å². The first-order valence-electron chi connectivity index (χ1n) is 10.1. The van der Waals surface area contributed by atoms with Crippen molar-refractivity contribution in [2.24, 2.45) is 23.2 Å². The van der Waals surface area contributed by atoms with Crippen molar-refractivity contribution in [2.45, 2.75) is 45.1 Å². The molecule has 4 bridgehead atoms. The predicted octanol–water partition coefficient (Wildman–Crippen LogP) is 4.82. The van der Waals surface area contributed by atoms with Crippen molar-refractivity contribution in [3.05, 3.63) is 54.2 Å². The number of nitrogens with zero attached hydrogens (tertiary/aromatic N) is 1. The summed E-state index contributed by atoms with van der Waals surface area (Å²) in [5.74, 6) is 3.59. The van der Waals surface area contributed by atoms with Crippen molar-refractivity contribution in [2.75, 3.05) is 5.32 Å². The predicted molar refractivity (Wildman–Crippen MR) is 104 cm³/mol. The molecule has 4 heteroatoms. The lowest BCUT2D eigenvalue weighted by Crippen LogP contribution is -2.51. The molecule has 4 aliphatic carbocycles. The number of nitrogens with one attached hydrogen (secondary N) is 1. The standard InChI is InChI=1S/C23H26N2O2/c26-22(23-12-17-9-18(13-23)11-19(10-17)14-23)25-21-20(7-4-8-24-21)27-15-16-5-2-1-3-6-16/h1-8,17-19H,9-15H2,(H,24,25,26). The first kappa shape index (κ1) is 16.8. The Bertz CT molecular complexity index is 798. The van der Waals surface area contributed by atoms with E-state index < -0.39 is 0 Å². The van der Waals surface area contributed by atoms with Crippen LogP contribution in [0, 0.1) is 23.2 Å². The summed E-state index contributed by atoms with van der Waals surface area (Å²) in [7, 11) is 0. The zero-order valence-electron chi connectivity index (χ0n) is 15.6. The first-order chi connectivity index (χ1) is 13.2. The third-order valence-electron chi connectivity index (χ3n) is 6.76. The summed E-state index contributed by atoms with van der Waals surface area (Å²) in [5, 5.41) is 3.13. The molecule has 1 heterocycles. The molecule has 4 fully saturated rings. The molecule has 1 aromatic carbocycles. The average Bonchev–Trinajstić information content (AvgIpc) is 2.67. The number of ether oxygens (including phenoxy) is 1. The van der Waals surface area contributed by atoms with Gasteiger partial charge in [-0.05, 0) is 74.0 Å². The molecule has 6 rings (SSSR count). The second-order valence-electron chi connectivity index (χ2n) is 8.78. The molecule has 1 N–H and O–H groups in total. The van der Waals surface area contributed by atoms with Gasteiger partial charge >= 0.3 is 0 Å². The Kier molecular flexibility index (Phi) is 4.14. The maximum absolute atomic E-state index is 13.3. The summed E-state index contributed by atoms with van der Waals surface area (Å²) >= 11 is 0. The van der Waals surface area contributed by atoms with Gasteiger partial charge in [-0.15, -0.1) is 0 Å². The van der Waals surface area contributed by atoms with Crippen LogP contribution in [-0.4, -0.2) is 10.9 Å². The van der Waals surface area contributed by atoms with Crippen molar-refractivity contribution in [3.8, 4) is 5.75 Å². The monoisotopic (exact) mass is 362 g/mol. The molecule has 0 aliphatic heterocycles. The van der Waals surface area contributed by atoms with Crippen molar-refractivity contribution in [1.82, 2.24) is 4.98 Å². The van der Waals surface area contributed by atoms with Crippen molar-refractivity contribution in [3.63, 3.8) is 0 Å². The molecule has 140 valence electrons. The van der Waals surface area contributed by atoms with Crippen LogP contribution in [0.4, 0.5) is 5.82 Å². The van der Waals surface area contributed by atoms with E-state index in [9.17, 15) is 4.79 Å². The molecule has 0 spiro atoms. The molecular weight excluding hydrogens is 336 g/mol. The fraction of sp³-hybridized carbons (Fsp3) is 0.478. The van der Waals surface area contributed by atoms with Crippen LogP contribution in [0.5, 0.6) is 5.75 Å². The van der Waals surface area contributed by atoms with Gasteiger partial charge < -0.3 is 10.1 Å². The zero-order valence-corrected chi connectivity index (χ0v) is 15.6. The highest BCUT2D eigenvalue weighted by molar-refractivity contribution is 5.96. The fourth-order valence-corrected chi connectivity index (χ4v) is 5.97. The van der Waals surface area contributed by atoms with Crippen LogP contribution in [0.2, 0.25) is 0 Å². The Morgan fingerprint density at radius 3 is 2.33 bits per heavy atom. The Morgan fingerprint density at radius 1 is 1.00 bits per heavy atom. The van der Waals surface area contributed by atoms with Gasteiger partial charge in [0.25, 0.3) is 0 Å². The van der Waals surface area contributed by atoms with E-state index in [2.05, 4.69) is 10.3 Å². The molecule has 27 heavy (non-hydrogen) atoms. The van der Waals surface area contributed by atoms with E-state index >= 15 is 0 Å². The second kappa shape index (κ2) is 6.66. The summed E-state index contributed by atoms with van der Waals surface area (Å²) in [4.78, 5) is 17.7. The van der Waals surface area contributed by atoms with Gasteiger partial charge in [-0.2, -0.15) is 0 Å². The largest absolute Gasteiger partial charge is 0.485 e. The van der Waals surface area contributed by atoms with E-state index in [-0.39, 0.29) is 11.3 Å². The third kappa shape index (κ3) is 3.22. The highest BCUT2D eigenvalue weighted by Crippen LogP contribution is 2.60. The zero-order chi connectivity index (χ0) is 18.3. The Balaban J connectivity index is 1.31. The smallest absolute Gasteiger partial charge is 0.231 e. The third-order valence-corrected chi connectivity index (χ3v) is 6.76. The highest BCUT2D eigenvalue weighted by Gasteiger charge is 2.54. The van der Waals surface area contributed by atoms with Crippen LogP contribution in [-0.2, 0) is 11.4 Å². The van der Waals surface area contributed by atoms with Gasteiger partial charge in [-0.1, -0.05) is 30.3 Å². The quantitative estimate of drug-likeness (QED) is 0.830. The molecule has 1 aromatic heterocycles. The number of carbonyl (C=O) groups excluding carboxylic acids is 1. The van der Waals surface area contributed by atoms with Crippen LogP contribution in [0.3, 0.4) is 0 Å². The molecular formula is C23H26N2O2. The van der Waals surface area contributed by atoms with Crippen LogP contribution in [0.1, 0.15) is 44.1 Å². The minimum Gasteiger partial charge on any atom is -0.485 e. The summed E-state index contributed by atoms with van der Waals surface area (Å²) in [6.45, 7) is 0.465. The molecule has 1 amide bonds. The number of pyridine rings is 1. The molecule has 0 unspecified atom stereocenters. The molecule has 2 aromatic rings. The van der Waals surface area contributed by atoms with E-state index in [4.69, 9.17) is 4.74 Å². The van der Waals surface area contributed by atoms with Gasteiger partial charge in [0.05, 0.1) is 5.41 Å². The highest BCUT2D eigenvalue weighted by atomic mass is 16.5. The van der Waals surface area contributed by atoms with E-state index in [1.54, 1.807) is 6.20 Å². The minimum absolute atomic E-state index is 0.157. The number of hydrogen-bond donors (Lipinski definition) is 1. The van der Waals surface area contributed by atoms with Gasteiger partial charge in [-0.3, -0.25) is 4.79 Å². The molecule has 0 saturated heterocycles. The minimum atomic E-state index is -0.178. The van der Waals surface area contributed by atoms with Crippen LogP contribution in [0.25, 0.3) is 0 Å². The van der Waals surface area contributed by atoms with Gasteiger partial charge in [0.1, 0.15) is 6.61 Å². The summed E-state index contributed by atoms with van der Waals surface area (Å²) < 4.78 is 5.97. The van der Waals surface area contributed by atoms with Crippen molar-refractivity contribution < 1.29 is 9.53 Å². The van der Waals surface area contributed by atoms with Gasteiger partial charge in [-0.25, -0.2) is 4.98 Å². The van der Waals surface area contributed by atoms with Gasteiger partial charge in [0.2, 0.25) is 5.91 Å². The number of hydrogen-bond acceptors (Lipinski definition) is 3. The van der Waals surface area contributed by atoms with Crippen LogP contribution >= 0.6 is 0 Å². The van der Waals surface area contributed by atoms with E-state index in [1.807, 2.05) is 42.5 Å². The van der Waals surface area contributed by atoms with Crippen LogP contribution < -0.4 is 10.1 Å². The molecule has 4 saturated carbocycles. The normalized spacial score (nSPS) is 30.9. The molecule has 4 aliphatic rings. The van der Waals surface area contributed by atoms with Crippen molar-refractivity contribution in [1.29, 1.82) is 0 Å². The summed E-state index contributed by atoms with van der Waals surface area (Å²) in [6, 6.07) is 13.8. The Hall–Kier alpha value is -2.36. The van der Waals surface area contributed by atoms with E-state index in [1.165, 1.54) is 19.3 Å². The maximum atomic E-state index is 13.3. The number of anilines is 1. The van der Waals surface area contributed by atoms with Crippen molar-refractivity contribution >= 4 is 11.7 Å². The van der Waals surface area contributed by atoms with Gasteiger partial charge in [0.15, 0.2) is 11.6 Å². The first-order valence-corrected chi connectivity index (χ1v) is 10.1. The molecule has 0 atom stereocenters. The van der Waals surface area contributed by atoms with E-state index in [0.29, 0.717) is 18.2 Å². The number of rotatable bonds is 5. The molecule has 0 radical (unpaired) electrons. The lowest BCUT2D eigenvalue weighted by Gasteiger charge is -2.55. The lowest BCUT2D eigenvalue weighted by molar-refractivity contribution is -0.140. The topological polar surface area (TPSA) is 51.2 Å². The number of aromatic nitrogens is 1. The summed E-state index contributed by atoms with van der Waals surface area (Å²) in [6.07, 6.45) is 8.88. The Labute approximate surface area is 160 Å². The number of benzene rings is 1. The molecule has 4 nitrogen and oxygen atoms in total. The van der Waals surface area contributed by atoms with Crippen LogP contribution in [0.15, 0.2) is 48.7 Å². The SMILES string of the molecule is O=C(Nc1ncccc1OCc1ccccc1)C12CC3CC(CC(C3)C1)C2. The lowest BCUT2D eigenvalue weighted by atomic mass is 9.49. The number of carbonyl (C=O) groups is 1. The Morgan fingerprint density at radius 2 is 1.67 bits per heavy atom. The fourth-order valence-electron chi connectivity index (χ4n) is 5.97. The average molecular weight is 362 g/mol.